The van der Waals surface area contributed by atoms with Gasteiger partial charge in [-0.25, -0.2) is 4.79 Å². The molecular weight excluding hydrogens is 437 g/mol. The van der Waals surface area contributed by atoms with Gasteiger partial charge in [-0.2, -0.15) is 13.2 Å². The van der Waals surface area contributed by atoms with Crippen LogP contribution < -0.4 is 0 Å². The van der Waals surface area contributed by atoms with E-state index in [-0.39, 0.29) is 17.8 Å². The van der Waals surface area contributed by atoms with Crippen LogP contribution in [0.5, 0.6) is 0 Å². The molecule has 3 rings (SSSR count). The number of benzene rings is 2. The van der Waals surface area contributed by atoms with E-state index in [0.717, 1.165) is 28.8 Å². The van der Waals surface area contributed by atoms with Crippen molar-refractivity contribution in [2.75, 3.05) is 5.75 Å². The van der Waals surface area contributed by atoms with E-state index in [1.54, 1.807) is 0 Å². The maximum atomic E-state index is 12.9. The van der Waals surface area contributed by atoms with Crippen LogP contribution in [0, 0.1) is 26.2 Å². The summed E-state index contributed by atoms with van der Waals surface area (Å²) in [5.41, 5.74) is 2.59. The molecule has 1 N–H and O–H groups in total. The highest BCUT2D eigenvalue weighted by atomic mass is 32.2. The standard InChI is InChI=1S/C25H27F3O3S/c1-14-10-15(2)21(16(3)11-14)22-19(29)12-20(31-23(22)30)24(4,5)13-32-18-8-6-17(7-9-18)25(26,27)28/h6-11,20,29H,12-13H2,1-5H3. The number of aliphatic hydroxyl groups excluding tert-OH is 1. The first-order chi connectivity index (χ1) is 14.8. The Kier molecular flexibility index (Phi) is 6.70. The molecular formula is C25H27F3O3S. The van der Waals surface area contributed by atoms with Crippen LogP contribution >= 0.6 is 11.8 Å². The third-order valence-corrected chi connectivity index (χ3v) is 7.21. The summed E-state index contributed by atoms with van der Waals surface area (Å²) in [6, 6.07) is 8.93. The molecule has 0 saturated carbocycles. The van der Waals surface area contributed by atoms with E-state index in [1.165, 1.54) is 23.9 Å². The van der Waals surface area contributed by atoms with Gasteiger partial charge in [0.25, 0.3) is 0 Å². The molecule has 1 unspecified atom stereocenters. The Morgan fingerprint density at radius 3 is 2.12 bits per heavy atom. The summed E-state index contributed by atoms with van der Waals surface area (Å²) in [6.07, 6.45) is -4.73. The summed E-state index contributed by atoms with van der Waals surface area (Å²) in [5.74, 6) is -0.0445. The van der Waals surface area contributed by atoms with Crippen molar-refractivity contribution in [1.29, 1.82) is 0 Å². The number of cyclic esters (lactones) is 1. The van der Waals surface area contributed by atoms with Gasteiger partial charge in [0.05, 0.1) is 5.56 Å². The van der Waals surface area contributed by atoms with Gasteiger partial charge in [-0.1, -0.05) is 31.5 Å². The fraction of sp³-hybridized carbons (Fsp3) is 0.400. The van der Waals surface area contributed by atoms with Gasteiger partial charge in [0, 0.05) is 22.5 Å². The van der Waals surface area contributed by atoms with Crippen LogP contribution in [0.3, 0.4) is 0 Å². The minimum Gasteiger partial charge on any atom is -0.511 e. The topological polar surface area (TPSA) is 46.5 Å². The SMILES string of the molecule is Cc1cc(C)c(C2=C(O)CC(C(C)(C)CSc3ccc(C(F)(F)F)cc3)OC2=O)c(C)c1. The van der Waals surface area contributed by atoms with E-state index >= 15 is 0 Å². The summed E-state index contributed by atoms with van der Waals surface area (Å²) in [6.45, 7) is 9.62. The summed E-state index contributed by atoms with van der Waals surface area (Å²) < 4.78 is 44.0. The Bertz CT molecular complexity index is 1030. The van der Waals surface area contributed by atoms with E-state index in [4.69, 9.17) is 4.74 Å². The lowest BCUT2D eigenvalue weighted by Gasteiger charge is -2.36. The van der Waals surface area contributed by atoms with E-state index in [1.807, 2.05) is 46.8 Å². The largest absolute Gasteiger partial charge is 0.511 e. The van der Waals surface area contributed by atoms with E-state index in [9.17, 15) is 23.1 Å². The fourth-order valence-electron chi connectivity index (χ4n) is 3.98. The smallest absolute Gasteiger partial charge is 0.416 e. The lowest BCUT2D eigenvalue weighted by Crippen LogP contribution is -2.39. The molecule has 1 heterocycles. The summed E-state index contributed by atoms with van der Waals surface area (Å²) in [4.78, 5) is 13.6. The molecule has 0 aliphatic carbocycles. The van der Waals surface area contributed by atoms with Crippen molar-refractivity contribution in [3.8, 4) is 0 Å². The fourth-order valence-corrected chi connectivity index (χ4v) is 5.04. The number of ether oxygens (including phenoxy) is 1. The Hall–Kier alpha value is -2.41. The number of thioether (sulfide) groups is 1. The molecule has 0 spiro atoms. The Morgan fingerprint density at radius 2 is 1.62 bits per heavy atom. The number of alkyl halides is 3. The van der Waals surface area contributed by atoms with Crippen LogP contribution in [0.15, 0.2) is 47.1 Å². The van der Waals surface area contributed by atoms with Gasteiger partial charge in [-0.3, -0.25) is 0 Å². The number of hydrogen-bond acceptors (Lipinski definition) is 4. The first-order valence-corrected chi connectivity index (χ1v) is 11.3. The van der Waals surface area contributed by atoms with E-state index < -0.39 is 29.2 Å². The van der Waals surface area contributed by atoms with Gasteiger partial charge in [-0.05, 0) is 61.7 Å². The minimum atomic E-state index is -4.37. The number of hydrogen-bond donors (Lipinski definition) is 1. The zero-order valence-electron chi connectivity index (χ0n) is 18.8. The number of esters is 1. The first-order valence-electron chi connectivity index (χ1n) is 10.3. The van der Waals surface area contributed by atoms with Crippen molar-refractivity contribution in [2.24, 2.45) is 5.41 Å². The van der Waals surface area contributed by atoms with Crippen molar-refractivity contribution >= 4 is 23.3 Å². The lowest BCUT2D eigenvalue weighted by molar-refractivity contribution is -0.149. The highest BCUT2D eigenvalue weighted by Crippen LogP contribution is 2.40. The molecule has 2 aromatic carbocycles. The average Bonchev–Trinajstić information content (AvgIpc) is 2.67. The van der Waals surface area contributed by atoms with E-state index in [0.29, 0.717) is 16.2 Å². The third kappa shape index (κ3) is 5.14. The molecule has 0 saturated heterocycles. The predicted molar refractivity (Wildman–Crippen MR) is 121 cm³/mol. The Balaban J connectivity index is 1.76. The Labute approximate surface area is 190 Å². The molecule has 0 radical (unpaired) electrons. The van der Waals surface area contributed by atoms with Crippen molar-refractivity contribution in [2.45, 2.75) is 58.2 Å². The second-order valence-corrected chi connectivity index (χ2v) is 10.0. The van der Waals surface area contributed by atoms with Crippen molar-refractivity contribution < 1.29 is 27.8 Å². The second kappa shape index (κ2) is 8.85. The summed E-state index contributed by atoms with van der Waals surface area (Å²) in [5, 5.41) is 10.8. The van der Waals surface area contributed by atoms with Crippen LogP contribution in [0.4, 0.5) is 13.2 Å². The second-order valence-electron chi connectivity index (χ2n) is 8.99. The van der Waals surface area contributed by atoms with Crippen LogP contribution in [0.25, 0.3) is 5.57 Å². The molecule has 7 heteroatoms. The van der Waals surface area contributed by atoms with Crippen molar-refractivity contribution in [3.63, 3.8) is 0 Å². The van der Waals surface area contributed by atoms with Gasteiger partial charge in [-0.15, -0.1) is 11.8 Å². The van der Waals surface area contributed by atoms with E-state index in [2.05, 4.69) is 0 Å². The average molecular weight is 465 g/mol. The number of rotatable bonds is 5. The highest BCUT2D eigenvalue weighted by Gasteiger charge is 2.40. The summed E-state index contributed by atoms with van der Waals surface area (Å²) in [7, 11) is 0. The molecule has 32 heavy (non-hydrogen) atoms. The molecule has 0 amide bonds. The normalized spacial score (nSPS) is 17.5. The number of halogens is 3. The first kappa shape index (κ1) is 24.2. The van der Waals surface area contributed by atoms with Crippen molar-refractivity contribution in [1.82, 2.24) is 0 Å². The Morgan fingerprint density at radius 1 is 1.06 bits per heavy atom. The quantitative estimate of drug-likeness (QED) is 0.381. The maximum Gasteiger partial charge on any atom is 0.416 e. The van der Waals surface area contributed by atoms with Gasteiger partial charge in [0.1, 0.15) is 17.4 Å². The number of aliphatic hydroxyl groups is 1. The number of carbonyl (C=O) groups excluding carboxylic acids is 1. The number of aryl methyl sites for hydroxylation is 3. The lowest BCUT2D eigenvalue weighted by atomic mass is 9.83. The van der Waals surface area contributed by atoms with Crippen LogP contribution in [0.1, 0.15) is 48.1 Å². The van der Waals surface area contributed by atoms with Crippen LogP contribution in [0.2, 0.25) is 0 Å². The highest BCUT2D eigenvalue weighted by molar-refractivity contribution is 7.99. The maximum absolute atomic E-state index is 12.9. The van der Waals surface area contributed by atoms with Crippen molar-refractivity contribution in [3.05, 3.63) is 70.0 Å². The van der Waals surface area contributed by atoms with Crippen LogP contribution in [-0.2, 0) is 15.7 Å². The zero-order valence-corrected chi connectivity index (χ0v) is 19.6. The third-order valence-electron chi connectivity index (χ3n) is 5.71. The van der Waals surface area contributed by atoms with Crippen LogP contribution in [-0.4, -0.2) is 22.9 Å². The molecule has 1 aliphatic rings. The molecule has 1 atom stereocenters. The van der Waals surface area contributed by atoms with Gasteiger partial charge in [0.2, 0.25) is 0 Å². The minimum absolute atomic E-state index is 0.00825. The van der Waals surface area contributed by atoms with Gasteiger partial charge < -0.3 is 9.84 Å². The molecule has 3 nitrogen and oxygen atoms in total. The molecule has 172 valence electrons. The molecule has 1 aliphatic heterocycles. The molecule has 2 aromatic rings. The monoisotopic (exact) mass is 464 g/mol. The zero-order chi connectivity index (χ0) is 23.8. The predicted octanol–water partition coefficient (Wildman–Crippen LogP) is 7.03. The molecule has 0 fully saturated rings. The molecule has 0 bridgehead atoms. The molecule has 0 aromatic heterocycles. The summed E-state index contributed by atoms with van der Waals surface area (Å²) >= 11 is 1.39. The van der Waals surface area contributed by atoms with Gasteiger partial charge >= 0.3 is 12.1 Å². The number of carbonyl (C=O) groups is 1. The van der Waals surface area contributed by atoms with Gasteiger partial charge in [0.15, 0.2) is 0 Å².